The first-order chi connectivity index (χ1) is 10.1. The molecule has 5 nitrogen and oxygen atoms in total. The van der Waals surface area contributed by atoms with Crippen molar-refractivity contribution in [1.29, 1.82) is 0 Å². The zero-order valence-electron chi connectivity index (χ0n) is 11.9. The van der Waals surface area contributed by atoms with E-state index in [4.69, 9.17) is 4.42 Å². The van der Waals surface area contributed by atoms with Crippen LogP contribution in [0.1, 0.15) is 30.3 Å². The Labute approximate surface area is 123 Å². The highest BCUT2D eigenvalue weighted by Gasteiger charge is 2.43. The van der Waals surface area contributed by atoms with Crippen molar-refractivity contribution >= 4 is 5.91 Å². The molecular weight excluding hydrogens is 268 g/mol. The molecule has 1 fully saturated rings. The van der Waals surface area contributed by atoms with Gasteiger partial charge in [0.1, 0.15) is 5.69 Å². The van der Waals surface area contributed by atoms with Gasteiger partial charge in [0.05, 0.1) is 12.1 Å². The summed E-state index contributed by atoms with van der Waals surface area (Å²) in [5.74, 6) is 0.172. The normalized spacial score (nSPS) is 17.2. The minimum atomic E-state index is -0.599. The standard InChI is InChI=1S/C16H18N2O3/c1-16(9-19,12-7-8-12)18-15(20)14-13(17-10-21-14)11-5-3-2-4-6-11/h2-6,10,12,19H,7-9H2,1H3,(H,18,20). The van der Waals surface area contributed by atoms with Crippen molar-refractivity contribution in [1.82, 2.24) is 10.3 Å². The van der Waals surface area contributed by atoms with Crippen LogP contribution in [0.4, 0.5) is 0 Å². The van der Waals surface area contributed by atoms with Crippen LogP contribution in [0, 0.1) is 5.92 Å². The van der Waals surface area contributed by atoms with Gasteiger partial charge in [-0.15, -0.1) is 0 Å². The van der Waals surface area contributed by atoms with Gasteiger partial charge < -0.3 is 14.8 Å². The molecule has 1 heterocycles. The zero-order chi connectivity index (χ0) is 14.9. The van der Waals surface area contributed by atoms with Gasteiger partial charge in [0.2, 0.25) is 5.76 Å². The van der Waals surface area contributed by atoms with Crippen molar-refractivity contribution in [3.63, 3.8) is 0 Å². The summed E-state index contributed by atoms with van der Waals surface area (Å²) < 4.78 is 5.27. The predicted molar refractivity (Wildman–Crippen MR) is 77.6 cm³/mol. The molecule has 0 aliphatic heterocycles. The van der Waals surface area contributed by atoms with E-state index in [-0.39, 0.29) is 18.3 Å². The minimum Gasteiger partial charge on any atom is -0.438 e. The van der Waals surface area contributed by atoms with Crippen molar-refractivity contribution in [3.8, 4) is 11.3 Å². The highest BCUT2D eigenvalue weighted by molar-refractivity contribution is 5.97. The number of amides is 1. The molecule has 1 saturated carbocycles. The van der Waals surface area contributed by atoms with Gasteiger partial charge in [-0.1, -0.05) is 30.3 Å². The van der Waals surface area contributed by atoms with Crippen molar-refractivity contribution < 1.29 is 14.3 Å². The lowest BCUT2D eigenvalue weighted by atomic mass is 9.96. The number of rotatable bonds is 5. The second-order valence-electron chi connectivity index (χ2n) is 5.70. The average Bonchev–Trinajstić information content (AvgIpc) is 3.25. The molecule has 1 aliphatic rings. The first-order valence-corrected chi connectivity index (χ1v) is 7.06. The van der Waals surface area contributed by atoms with E-state index in [1.165, 1.54) is 6.39 Å². The molecule has 1 aliphatic carbocycles. The van der Waals surface area contributed by atoms with Crippen LogP contribution in [0.5, 0.6) is 0 Å². The molecule has 0 bridgehead atoms. The van der Waals surface area contributed by atoms with E-state index in [1.54, 1.807) is 0 Å². The van der Waals surface area contributed by atoms with Crippen LogP contribution < -0.4 is 5.32 Å². The lowest BCUT2D eigenvalue weighted by molar-refractivity contribution is 0.0798. The maximum absolute atomic E-state index is 12.5. The molecule has 3 rings (SSSR count). The summed E-state index contributed by atoms with van der Waals surface area (Å²) in [6.45, 7) is 1.78. The molecule has 0 radical (unpaired) electrons. The summed E-state index contributed by atoms with van der Waals surface area (Å²) in [4.78, 5) is 16.6. The van der Waals surface area contributed by atoms with E-state index >= 15 is 0 Å². The van der Waals surface area contributed by atoms with E-state index in [2.05, 4.69) is 10.3 Å². The quantitative estimate of drug-likeness (QED) is 0.884. The Hall–Kier alpha value is -2.14. The fourth-order valence-electron chi connectivity index (χ4n) is 2.52. The van der Waals surface area contributed by atoms with Gasteiger partial charge in [0.15, 0.2) is 6.39 Å². The van der Waals surface area contributed by atoms with Gasteiger partial charge in [-0.2, -0.15) is 0 Å². The molecule has 1 atom stereocenters. The molecule has 1 unspecified atom stereocenters. The van der Waals surface area contributed by atoms with Gasteiger partial charge >= 0.3 is 0 Å². The van der Waals surface area contributed by atoms with Crippen LogP contribution in [0.3, 0.4) is 0 Å². The molecule has 2 aromatic rings. The number of aliphatic hydroxyl groups is 1. The summed E-state index contributed by atoms with van der Waals surface area (Å²) in [5.41, 5.74) is 0.746. The molecule has 0 saturated heterocycles. The van der Waals surface area contributed by atoms with Gasteiger partial charge in [0, 0.05) is 5.56 Å². The van der Waals surface area contributed by atoms with Crippen LogP contribution in [-0.2, 0) is 0 Å². The summed E-state index contributed by atoms with van der Waals surface area (Å²) in [7, 11) is 0. The molecule has 2 N–H and O–H groups in total. The number of oxazole rings is 1. The van der Waals surface area contributed by atoms with E-state index in [9.17, 15) is 9.90 Å². The molecular formula is C16H18N2O3. The molecule has 1 aromatic heterocycles. The maximum Gasteiger partial charge on any atom is 0.289 e. The Morgan fingerprint density at radius 1 is 1.43 bits per heavy atom. The Kier molecular flexibility index (Phi) is 3.51. The third-order valence-electron chi connectivity index (χ3n) is 4.03. The number of hydrogen-bond donors (Lipinski definition) is 2. The molecule has 21 heavy (non-hydrogen) atoms. The zero-order valence-corrected chi connectivity index (χ0v) is 11.9. The van der Waals surface area contributed by atoms with Crippen molar-refractivity contribution in [3.05, 3.63) is 42.5 Å². The summed E-state index contributed by atoms with van der Waals surface area (Å²) in [6.07, 6.45) is 3.32. The smallest absolute Gasteiger partial charge is 0.289 e. The van der Waals surface area contributed by atoms with E-state index in [0.717, 1.165) is 18.4 Å². The van der Waals surface area contributed by atoms with Gasteiger partial charge in [0.25, 0.3) is 5.91 Å². The first kappa shape index (κ1) is 13.8. The highest BCUT2D eigenvalue weighted by Crippen LogP contribution is 2.39. The Balaban J connectivity index is 1.84. The van der Waals surface area contributed by atoms with Crippen LogP contribution in [0.2, 0.25) is 0 Å². The number of benzene rings is 1. The van der Waals surface area contributed by atoms with Gasteiger partial charge in [-0.3, -0.25) is 4.79 Å². The largest absolute Gasteiger partial charge is 0.438 e. The number of nitrogens with one attached hydrogen (secondary N) is 1. The van der Waals surface area contributed by atoms with E-state index in [1.807, 2.05) is 37.3 Å². The van der Waals surface area contributed by atoms with Crippen molar-refractivity contribution in [2.45, 2.75) is 25.3 Å². The van der Waals surface area contributed by atoms with Crippen LogP contribution in [0.25, 0.3) is 11.3 Å². The van der Waals surface area contributed by atoms with E-state index in [0.29, 0.717) is 11.6 Å². The second-order valence-corrected chi connectivity index (χ2v) is 5.70. The number of aromatic nitrogens is 1. The lowest BCUT2D eigenvalue weighted by Gasteiger charge is -2.28. The second kappa shape index (κ2) is 5.33. The van der Waals surface area contributed by atoms with Crippen molar-refractivity contribution in [2.24, 2.45) is 5.92 Å². The topological polar surface area (TPSA) is 75.4 Å². The predicted octanol–water partition coefficient (Wildman–Crippen LogP) is 2.23. The molecule has 1 aromatic carbocycles. The summed E-state index contributed by atoms with van der Waals surface area (Å²) in [5, 5.41) is 12.5. The lowest BCUT2D eigenvalue weighted by Crippen LogP contribution is -2.50. The molecule has 5 heteroatoms. The third kappa shape index (κ3) is 2.69. The fraction of sp³-hybridized carbons (Fsp3) is 0.375. The Morgan fingerprint density at radius 3 is 2.76 bits per heavy atom. The molecule has 1 amide bonds. The highest BCUT2D eigenvalue weighted by atomic mass is 16.3. The molecule has 0 spiro atoms. The average molecular weight is 286 g/mol. The molecule has 110 valence electrons. The summed E-state index contributed by atoms with van der Waals surface area (Å²) in [6, 6.07) is 9.42. The summed E-state index contributed by atoms with van der Waals surface area (Å²) >= 11 is 0. The number of aliphatic hydroxyl groups excluding tert-OH is 1. The first-order valence-electron chi connectivity index (χ1n) is 7.06. The number of carbonyl (C=O) groups is 1. The number of carbonyl (C=O) groups excluding carboxylic acids is 1. The van der Waals surface area contributed by atoms with Crippen LogP contribution in [0.15, 0.2) is 41.1 Å². The van der Waals surface area contributed by atoms with Gasteiger partial charge in [-0.05, 0) is 25.7 Å². The monoisotopic (exact) mass is 286 g/mol. The van der Waals surface area contributed by atoms with Crippen molar-refractivity contribution in [2.75, 3.05) is 6.61 Å². The van der Waals surface area contributed by atoms with Crippen LogP contribution >= 0.6 is 0 Å². The number of hydrogen-bond acceptors (Lipinski definition) is 4. The fourth-order valence-corrected chi connectivity index (χ4v) is 2.52. The maximum atomic E-state index is 12.5. The number of nitrogens with zero attached hydrogens (tertiary/aromatic N) is 1. The minimum absolute atomic E-state index is 0.0851. The Morgan fingerprint density at radius 2 is 2.14 bits per heavy atom. The van der Waals surface area contributed by atoms with Crippen LogP contribution in [-0.4, -0.2) is 28.1 Å². The Bertz CT molecular complexity index is 634. The third-order valence-corrected chi connectivity index (χ3v) is 4.03. The SMILES string of the molecule is CC(CO)(NC(=O)c1ocnc1-c1ccccc1)C1CC1. The van der Waals surface area contributed by atoms with Gasteiger partial charge in [-0.25, -0.2) is 4.98 Å². The van der Waals surface area contributed by atoms with E-state index < -0.39 is 5.54 Å².